The average Bonchev–Trinajstić information content (AvgIpc) is 2.47. The Bertz CT molecular complexity index is 794. The lowest BCUT2D eigenvalue weighted by atomic mass is 10.2. The van der Waals surface area contributed by atoms with Crippen LogP contribution in [0, 0.1) is 0 Å². The number of hydrogen-bond donors (Lipinski definition) is 1. The van der Waals surface area contributed by atoms with Gasteiger partial charge in [0.25, 0.3) is 0 Å². The Morgan fingerprint density at radius 3 is 2.35 bits per heavy atom. The zero-order valence-corrected chi connectivity index (χ0v) is 14.3. The Kier molecular flexibility index (Phi) is 5.28. The lowest BCUT2D eigenvalue weighted by Gasteiger charge is -2.28. The number of benzene rings is 2. The lowest BCUT2D eigenvalue weighted by Crippen LogP contribution is -2.45. The monoisotopic (exact) mass is 352 g/mol. The van der Waals surface area contributed by atoms with Gasteiger partial charge in [-0.15, -0.1) is 0 Å². The van der Waals surface area contributed by atoms with E-state index in [1.54, 1.807) is 54.6 Å². The molecule has 0 heterocycles. The third kappa shape index (κ3) is 4.46. The van der Waals surface area contributed by atoms with E-state index in [2.05, 4.69) is 5.32 Å². The first-order chi connectivity index (χ1) is 10.8. The van der Waals surface area contributed by atoms with Gasteiger partial charge in [0.05, 0.1) is 11.9 Å². The van der Waals surface area contributed by atoms with Crippen molar-refractivity contribution in [2.75, 3.05) is 15.9 Å². The van der Waals surface area contributed by atoms with Crippen LogP contribution in [0.4, 0.5) is 11.4 Å². The van der Waals surface area contributed by atoms with Crippen LogP contribution >= 0.6 is 11.6 Å². The first kappa shape index (κ1) is 17.3. The van der Waals surface area contributed by atoms with Gasteiger partial charge in [0.1, 0.15) is 6.04 Å². The Labute approximate surface area is 140 Å². The standard InChI is InChI=1S/C16H17ClN2O3S/c1-12(16(20)18-14-8-6-7-13(17)11-14)19(23(2,21)22)15-9-4-3-5-10-15/h3-12H,1-2H3,(H,18,20). The molecule has 2 rings (SSSR count). The number of anilines is 2. The van der Waals surface area contributed by atoms with Gasteiger partial charge in [-0.3, -0.25) is 9.10 Å². The molecule has 122 valence electrons. The summed E-state index contributed by atoms with van der Waals surface area (Å²) in [5, 5.41) is 3.16. The minimum absolute atomic E-state index is 0.434. The van der Waals surface area contributed by atoms with Gasteiger partial charge in [-0.1, -0.05) is 35.9 Å². The van der Waals surface area contributed by atoms with Gasteiger partial charge in [-0.05, 0) is 37.3 Å². The van der Waals surface area contributed by atoms with Crippen molar-refractivity contribution in [2.45, 2.75) is 13.0 Å². The summed E-state index contributed by atoms with van der Waals surface area (Å²) in [5.74, 6) is -0.443. The summed E-state index contributed by atoms with van der Waals surface area (Å²) in [4.78, 5) is 12.4. The first-order valence-corrected chi connectivity index (χ1v) is 9.12. The van der Waals surface area contributed by atoms with Crippen LogP contribution in [0.5, 0.6) is 0 Å². The fraction of sp³-hybridized carbons (Fsp3) is 0.188. The van der Waals surface area contributed by atoms with Crippen molar-refractivity contribution in [1.82, 2.24) is 0 Å². The third-order valence-electron chi connectivity index (χ3n) is 3.19. The maximum Gasteiger partial charge on any atom is 0.247 e. The Hall–Kier alpha value is -2.05. The molecule has 0 aliphatic rings. The molecular weight excluding hydrogens is 336 g/mol. The molecule has 0 fully saturated rings. The second-order valence-electron chi connectivity index (χ2n) is 5.07. The number of nitrogens with zero attached hydrogens (tertiary/aromatic N) is 1. The molecule has 0 bridgehead atoms. The van der Waals surface area contributed by atoms with Gasteiger partial charge in [-0.25, -0.2) is 8.42 Å². The molecule has 1 unspecified atom stereocenters. The second-order valence-corrected chi connectivity index (χ2v) is 7.37. The SMILES string of the molecule is CC(C(=O)Nc1cccc(Cl)c1)N(c1ccccc1)S(C)(=O)=O. The number of rotatable bonds is 5. The molecule has 0 saturated heterocycles. The first-order valence-electron chi connectivity index (χ1n) is 6.90. The van der Waals surface area contributed by atoms with Crippen molar-refractivity contribution < 1.29 is 13.2 Å². The molecule has 23 heavy (non-hydrogen) atoms. The minimum Gasteiger partial charge on any atom is -0.324 e. The molecular formula is C16H17ClN2O3S. The lowest BCUT2D eigenvalue weighted by molar-refractivity contribution is -0.116. The molecule has 0 radical (unpaired) electrons. The Morgan fingerprint density at radius 1 is 1.13 bits per heavy atom. The number of hydrogen-bond acceptors (Lipinski definition) is 3. The highest BCUT2D eigenvalue weighted by Crippen LogP contribution is 2.21. The Balaban J connectivity index is 2.27. The van der Waals surface area contributed by atoms with Gasteiger partial charge in [0.15, 0.2) is 0 Å². The van der Waals surface area contributed by atoms with Crippen LogP contribution in [0.25, 0.3) is 0 Å². The maximum atomic E-state index is 12.4. The predicted octanol–water partition coefficient (Wildman–Crippen LogP) is 3.13. The highest BCUT2D eigenvalue weighted by atomic mass is 35.5. The number of amides is 1. The van der Waals surface area contributed by atoms with Gasteiger partial charge in [-0.2, -0.15) is 0 Å². The molecule has 0 saturated carbocycles. The van der Waals surface area contributed by atoms with E-state index in [-0.39, 0.29) is 0 Å². The average molecular weight is 353 g/mol. The summed E-state index contributed by atoms with van der Waals surface area (Å²) in [5.41, 5.74) is 0.944. The second kappa shape index (κ2) is 7.02. The molecule has 5 nitrogen and oxygen atoms in total. The van der Waals surface area contributed by atoms with Gasteiger partial charge in [0.2, 0.25) is 15.9 Å². The fourth-order valence-corrected chi connectivity index (χ4v) is 3.56. The number of nitrogens with one attached hydrogen (secondary N) is 1. The van der Waals surface area contributed by atoms with E-state index in [0.717, 1.165) is 10.6 Å². The van der Waals surface area contributed by atoms with E-state index < -0.39 is 22.0 Å². The highest BCUT2D eigenvalue weighted by Gasteiger charge is 2.28. The normalized spacial score (nSPS) is 12.5. The van der Waals surface area contributed by atoms with Crippen molar-refractivity contribution in [1.29, 1.82) is 0 Å². The van der Waals surface area contributed by atoms with E-state index in [1.807, 2.05) is 0 Å². The van der Waals surface area contributed by atoms with Crippen LogP contribution in [-0.2, 0) is 14.8 Å². The largest absolute Gasteiger partial charge is 0.324 e. The van der Waals surface area contributed by atoms with Crippen LogP contribution in [0.1, 0.15) is 6.92 Å². The van der Waals surface area contributed by atoms with Gasteiger partial charge in [0, 0.05) is 10.7 Å². The van der Waals surface area contributed by atoms with Crippen molar-refractivity contribution in [3.05, 3.63) is 59.6 Å². The molecule has 0 spiro atoms. The zero-order valence-electron chi connectivity index (χ0n) is 12.7. The van der Waals surface area contributed by atoms with Crippen molar-refractivity contribution in [3.63, 3.8) is 0 Å². The van der Waals surface area contributed by atoms with E-state index in [1.165, 1.54) is 6.92 Å². The number of sulfonamides is 1. The molecule has 2 aromatic rings. The molecule has 0 aromatic heterocycles. The smallest absolute Gasteiger partial charge is 0.247 e. The summed E-state index contributed by atoms with van der Waals surface area (Å²) >= 11 is 5.88. The molecule has 0 aliphatic carbocycles. The van der Waals surface area contributed by atoms with Gasteiger partial charge < -0.3 is 5.32 Å². The zero-order chi connectivity index (χ0) is 17.0. The number of carbonyl (C=O) groups is 1. The summed E-state index contributed by atoms with van der Waals surface area (Å²) < 4.78 is 25.3. The number of para-hydroxylation sites is 1. The molecule has 1 N–H and O–H groups in total. The van der Waals surface area contributed by atoms with Gasteiger partial charge >= 0.3 is 0 Å². The van der Waals surface area contributed by atoms with Crippen molar-refractivity contribution in [3.8, 4) is 0 Å². The molecule has 7 heteroatoms. The Morgan fingerprint density at radius 2 is 1.78 bits per heavy atom. The summed E-state index contributed by atoms with van der Waals surface area (Å²) in [6, 6.07) is 14.3. The summed E-state index contributed by atoms with van der Waals surface area (Å²) in [7, 11) is -3.62. The van der Waals surface area contributed by atoms with Crippen LogP contribution in [-0.4, -0.2) is 26.6 Å². The van der Waals surface area contributed by atoms with E-state index in [4.69, 9.17) is 11.6 Å². The van der Waals surface area contributed by atoms with E-state index in [0.29, 0.717) is 16.4 Å². The molecule has 0 aliphatic heterocycles. The predicted molar refractivity (Wildman–Crippen MR) is 93.3 cm³/mol. The van der Waals surface area contributed by atoms with Crippen molar-refractivity contribution in [2.24, 2.45) is 0 Å². The summed E-state index contributed by atoms with van der Waals surface area (Å²) in [6.45, 7) is 1.54. The molecule has 2 aromatic carbocycles. The summed E-state index contributed by atoms with van der Waals surface area (Å²) in [6.07, 6.45) is 1.07. The minimum atomic E-state index is -3.62. The number of carbonyl (C=O) groups excluding carboxylic acids is 1. The van der Waals surface area contributed by atoms with E-state index in [9.17, 15) is 13.2 Å². The van der Waals surface area contributed by atoms with Crippen LogP contribution in [0.3, 0.4) is 0 Å². The van der Waals surface area contributed by atoms with Crippen LogP contribution in [0.15, 0.2) is 54.6 Å². The quantitative estimate of drug-likeness (QED) is 0.899. The number of halogens is 1. The van der Waals surface area contributed by atoms with Crippen LogP contribution < -0.4 is 9.62 Å². The highest BCUT2D eigenvalue weighted by molar-refractivity contribution is 7.92. The maximum absolute atomic E-state index is 12.4. The molecule has 1 amide bonds. The van der Waals surface area contributed by atoms with Crippen LogP contribution in [0.2, 0.25) is 5.02 Å². The fourth-order valence-electron chi connectivity index (χ4n) is 2.20. The third-order valence-corrected chi connectivity index (χ3v) is 4.67. The molecule has 1 atom stereocenters. The van der Waals surface area contributed by atoms with Crippen molar-refractivity contribution >= 4 is 38.9 Å². The topological polar surface area (TPSA) is 66.5 Å². The van der Waals surface area contributed by atoms with E-state index >= 15 is 0 Å².